The number of ketones is 1. The molecule has 26 heavy (non-hydrogen) atoms. The minimum absolute atomic E-state index is 0.0728. The summed E-state index contributed by atoms with van der Waals surface area (Å²) in [5, 5.41) is 0.0728. The molecular formula is C20H25ClFN2O2+. The predicted octanol–water partition coefficient (Wildman–Crippen LogP) is 2.76. The molecule has 2 atom stereocenters. The Balaban J connectivity index is 1.85. The van der Waals surface area contributed by atoms with E-state index in [-0.39, 0.29) is 23.0 Å². The first-order valence-corrected chi connectivity index (χ1v) is 9.30. The third-order valence-electron chi connectivity index (χ3n) is 4.92. The zero-order chi connectivity index (χ0) is 19.0. The van der Waals surface area contributed by atoms with E-state index >= 15 is 0 Å². The summed E-state index contributed by atoms with van der Waals surface area (Å²) in [6, 6.07) is 6.51. The highest BCUT2D eigenvalue weighted by Gasteiger charge is 2.28. The average molecular weight is 380 g/mol. The Kier molecular flexibility index (Phi) is 5.51. The number of halogens is 2. The number of ether oxygens (including phenoxy) is 1. The molecule has 1 aliphatic rings. The number of morpholine rings is 1. The van der Waals surface area contributed by atoms with Gasteiger partial charge in [0.1, 0.15) is 37.7 Å². The van der Waals surface area contributed by atoms with Crippen molar-refractivity contribution in [2.24, 2.45) is 0 Å². The highest BCUT2D eigenvalue weighted by atomic mass is 35.5. The molecule has 4 nitrogen and oxygen atoms in total. The number of carbonyl (C=O) groups excluding carboxylic acids is 1. The van der Waals surface area contributed by atoms with Crippen LogP contribution < -0.4 is 4.90 Å². The molecule has 1 aliphatic heterocycles. The number of rotatable bonds is 4. The highest BCUT2D eigenvalue weighted by Crippen LogP contribution is 2.24. The Bertz CT molecular complexity index is 823. The van der Waals surface area contributed by atoms with Crippen LogP contribution in [-0.4, -0.2) is 42.2 Å². The third kappa shape index (κ3) is 3.85. The van der Waals surface area contributed by atoms with Gasteiger partial charge in [-0.05, 0) is 52.0 Å². The van der Waals surface area contributed by atoms with Crippen molar-refractivity contribution in [1.82, 2.24) is 4.57 Å². The molecule has 1 aromatic heterocycles. The SMILES string of the molecule is Cc1cc(C(=O)C[NH+]2C[C@@H](C)O[C@H](C)C2)c(C)n1-c1ccc(F)c(Cl)c1. The molecule has 0 spiro atoms. The van der Waals surface area contributed by atoms with Crippen molar-refractivity contribution < 1.29 is 18.8 Å². The first kappa shape index (κ1) is 19.1. The van der Waals surface area contributed by atoms with Gasteiger partial charge in [-0.1, -0.05) is 11.6 Å². The minimum Gasteiger partial charge on any atom is -0.364 e. The molecule has 6 heteroatoms. The first-order valence-electron chi connectivity index (χ1n) is 8.93. The Labute approximate surface area is 158 Å². The van der Waals surface area contributed by atoms with Crippen LogP contribution in [0.2, 0.25) is 5.02 Å². The molecule has 2 aromatic rings. The molecule has 1 aromatic carbocycles. The lowest BCUT2D eigenvalue weighted by atomic mass is 10.1. The first-order chi connectivity index (χ1) is 12.3. The van der Waals surface area contributed by atoms with Gasteiger partial charge in [-0.15, -0.1) is 0 Å². The summed E-state index contributed by atoms with van der Waals surface area (Å²) < 4.78 is 21.2. The Morgan fingerprint density at radius 3 is 2.54 bits per heavy atom. The quantitative estimate of drug-likeness (QED) is 0.829. The minimum atomic E-state index is -0.451. The van der Waals surface area contributed by atoms with Gasteiger partial charge in [0, 0.05) is 22.6 Å². The van der Waals surface area contributed by atoms with E-state index in [0.717, 1.165) is 30.2 Å². The maximum Gasteiger partial charge on any atom is 0.218 e. The number of quaternary nitrogens is 1. The number of hydrogen-bond acceptors (Lipinski definition) is 2. The molecule has 140 valence electrons. The number of nitrogens with zero attached hydrogens (tertiary/aromatic N) is 1. The third-order valence-corrected chi connectivity index (χ3v) is 5.21. The van der Waals surface area contributed by atoms with Crippen LogP contribution in [0.5, 0.6) is 0 Å². The summed E-state index contributed by atoms with van der Waals surface area (Å²) >= 11 is 5.92. The van der Waals surface area contributed by atoms with Crippen LogP contribution in [0.4, 0.5) is 4.39 Å². The average Bonchev–Trinajstić information content (AvgIpc) is 2.84. The molecule has 0 saturated carbocycles. The number of carbonyl (C=O) groups is 1. The molecule has 0 radical (unpaired) electrons. The van der Waals surface area contributed by atoms with E-state index < -0.39 is 5.82 Å². The largest absolute Gasteiger partial charge is 0.364 e. The van der Waals surface area contributed by atoms with E-state index in [2.05, 4.69) is 0 Å². The van der Waals surface area contributed by atoms with E-state index in [0.29, 0.717) is 12.1 Å². The van der Waals surface area contributed by atoms with Gasteiger partial charge in [0.2, 0.25) is 5.78 Å². The van der Waals surface area contributed by atoms with E-state index in [1.807, 2.05) is 38.3 Å². The molecule has 0 aliphatic carbocycles. The van der Waals surface area contributed by atoms with Crippen molar-refractivity contribution in [3.8, 4) is 5.69 Å². The van der Waals surface area contributed by atoms with Gasteiger partial charge < -0.3 is 14.2 Å². The predicted molar refractivity (Wildman–Crippen MR) is 100 cm³/mol. The van der Waals surface area contributed by atoms with Crippen molar-refractivity contribution in [1.29, 1.82) is 0 Å². The Hall–Kier alpha value is -1.69. The molecule has 3 rings (SSSR count). The molecule has 0 bridgehead atoms. The smallest absolute Gasteiger partial charge is 0.218 e. The van der Waals surface area contributed by atoms with Crippen LogP contribution >= 0.6 is 11.6 Å². The maximum atomic E-state index is 13.5. The van der Waals surface area contributed by atoms with Crippen LogP contribution in [0.25, 0.3) is 5.69 Å². The summed E-state index contributed by atoms with van der Waals surface area (Å²) in [6.07, 6.45) is 0.325. The standard InChI is InChI=1S/C20H24ClFN2O2/c1-12-7-17(20(25)11-23-9-13(2)26-14(3)10-23)15(4)24(12)16-5-6-19(22)18(21)8-16/h5-8,13-14H,9-11H2,1-4H3/p+1/t13-,14-/m1/s1. The van der Waals surface area contributed by atoms with Crippen molar-refractivity contribution >= 4 is 17.4 Å². The van der Waals surface area contributed by atoms with Gasteiger partial charge >= 0.3 is 0 Å². The number of Topliss-reactive ketones (excluding diaryl/α,β-unsaturated/α-hetero) is 1. The zero-order valence-corrected chi connectivity index (χ0v) is 16.4. The van der Waals surface area contributed by atoms with E-state index in [9.17, 15) is 9.18 Å². The van der Waals surface area contributed by atoms with E-state index in [1.165, 1.54) is 11.0 Å². The molecule has 1 saturated heterocycles. The fourth-order valence-electron chi connectivity index (χ4n) is 3.92. The van der Waals surface area contributed by atoms with Gasteiger partial charge in [-0.2, -0.15) is 0 Å². The summed E-state index contributed by atoms with van der Waals surface area (Å²) in [5.74, 6) is -0.331. The number of aromatic nitrogens is 1. The van der Waals surface area contributed by atoms with Crippen molar-refractivity contribution in [3.05, 3.63) is 52.1 Å². The number of aryl methyl sites for hydroxylation is 1. The second kappa shape index (κ2) is 7.51. The number of nitrogens with one attached hydrogen (secondary N) is 1. The highest BCUT2D eigenvalue weighted by molar-refractivity contribution is 6.30. The zero-order valence-electron chi connectivity index (χ0n) is 15.6. The molecule has 1 N–H and O–H groups in total. The lowest BCUT2D eigenvalue weighted by Crippen LogP contribution is -3.16. The maximum absolute atomic E-state index is 13.5. The monoisotopic (exact) mass is 379 g/mol. The van der Waals surface area contributed by atoms with Gasteiger partial charge in [-0.3, -0.25) is 4.79 Å². The molecule has 1 fully saturated rings. The summed E-state index contributed by atoms with van der Waals surface area (Å²) in [6.45, 7) is 10.1. The Morgan fingerprint density at radius 1 is 1.27 bits per heavy atom. The molecular weight excluding hydrogens is 355 g/mol. The second-order valence-electron chi connectivity index (χ2n) is 7.23. The number of benzene rings is 1. The fraction of sp³-hybridized carbons (Fsp3) is 0.450. The summed E-state index contributed by atoms with van der Waals surface area (Å²) in [7, 11) is 0. The number of hydrogen-bond donors (Lipinski definition) is 1. The lowest BCUT2D eigenvalue weighted by Gasteiger charge is -2.31. The van der Waals surface area contributed by atoms with Gasteiger partial charge in [0.15, 0.2) is 0 Å². The second-order valence-corrected chi connectivity index (χ2v) is 7.64. The fourth-order valence-corrected chi connectivity index (χ4v) is 4.10. The van der Waals surface area contributed by atoms with Crippen LogP contribution in [0, 0.1) is 19.7 Å². The van der Waals surface area contributed by atoms with E-state index in [1.54, 1.807) is 12.1 Å². The normalized spacial score (nSPS) is 23.2. The van der Waals surface area contributed by atoms with Gasteiger partial charge in [0.25, 0.3) is 0 Å². The molecule has 2 heterocycles. The van der Waals surface area contributed by atoms with Crippen LogP contribution in [0.15, 0.2) is 24.3 Å². The Morgan fingerprint density at radius 2 is 1.92 bits per heavy atom. The van der Waals surface area contributed by atoms with Gasteiger partial charge in [0.05, 0.1) is 5.02 Å². The topological polar surface area (TPSA) is 35.7 Å². The molecule has 0 amide bonds. The van der Waals surface area contributed by atoms with Crippen LogP contribution in [0.1, 0.15) is 35.6 Å². The van der Waals surface area contributed by atoms with E-state index in [4.69, 9.17) is 16.3 Å². The summed E-state index contributed by atoms with van der Waals surface area (Å²) in [5.41, 5.74) is 3.24. The van der Waals surface area contributed by atoms with Crippen LogP contribution in [-0.2, 0) is 4.74 Å². The van der Waals surface area contributed by atoms with Gasteiger partial charge in [-0.25, -0.2) is 4.39 Å². The van der Waals surface area contributed by atoms with Crippen molar-refractivity contribution in [2.45, 2.75) is 39.9 Å². The van der Waals surface area contributed by atoms with Crippen molar-refractivity contribution in [2.75, 3.05) is 19.6 Å². The molecule has 0 unspecified atom stereocenters. The van der Waals surface area contributed by atoms with Crippen molar-refractivity contribution in [3.63, 3.8) is 0 Å². The van der Waals surface area contributed by atoms with Crippen LogP contribution in [0.3, 0.4) is 0 Å². The lowest BCUT2D eigenvalue weighted by molar-refractivity contribution is -0.906. The summed E-state index contributed by atoms with van der Waals surface area (Å²) in [4.78, 5) is 14.2.